The standard InChI is InChI=1S/C27H39O8P/c1-6-8-20-16-23(28)25(22-15-19(4)9-10-21(22)18(2)3)24(17-20)34-26(29)27(11-7-12-27)35-36(30,31)33-14-13-32-5/h15-17,21-22,28H,2,6-14H2,1,3-5H3,(H,30,31)/p-1/t21-,22+/m0/s1. The average molecular weight is 522 g/mol. The number of phenolic OH excluding ortho intramolecular Hbond substituents is 1. The van der Waals surface area contributed by atoms with Gasteiger partial charge in [0.05, 0.1) is 13.2 Å². The van der Waals surface area contributed by atoms with Crippen molar-refractivity contribution in [2.24, 2.45) is 5.92 Å². The van der Waals surface area contributed by atoms with Gasteiger partial charge < -0.3 is 24.0 Å². The van der Waals surface area contributed by atoms with Crippen molar-refractivity contribution in [2.75, 3.05) is 20.3 Å². The van der Waals surface area contributed by atoms with E-state index in [1.165, 1.54) is 12.7 Å². The number of aryl methyl sites for hydroxylation is 1. The van der Waals surface area contributed by atoms with Gasteiger partial charge in [-0.3, -0.25) is 9.09 Å². The number of ether oxygens (including phenoxy) is 2. The van der Waals surface area contributed by atoms with Gasteiger partial charge in [0.2, 0.25) is 0 Å². The Labute approximate surface area is 213 Å². The number of hydrogen-bond acceptors (Lipinski definition) is 8. The maximum Gasteiger partial charge on any atom is 0.344 e. The number of carbonyl (C=O) groups excluding carboxylic acids is 1. The largest absolute Gasteiger partial charge is 0.756 e. The molecule has 1 aromatic carbocycles. The molecule has 9 heteroatoms. The second-order valence-electron chi connectivity index (χ2n) is 9.91. The first kappa shape index (κ1) is 28.6. The van der Waals surface area contributed by atoms with Crippen molar-refractivity contribution in [3.8, 4) is 11.5 Å². The van der Waals surface area contributed by atoms with Gasteiger partial charge in [-0.25, -0.2) is 4.79 Å². The Balaban J connectivity index is 1.96. The number of carbonyl (C=O) groups is 1. The maximum atomic E-state index is 13.4. The quantitative estimate of drug-likeness (QED) is 0.129. The Kier molecular flexibility index (Phi) is 9.58. The van der Waals surface area contributed by atoms with Crippen LogP contribution in [0.2, 0.25) is 0 Å². The molecule has 0 radical (unpaired) electrons. The molecule has 1 aromatic rings. The molecule has 0 bridgehead atoms. The highest BCUT2D eigenvalue weighted by Gasteiger charge is 2.50. The topological polar surface area (TPSA) is 114 Å². The molecule has 0 aromatic heterocycles. The number of phenols is 1. The van der Waals surface area contributed by atoms with Crippen LogP contribution >= 0.6 is 7.82 Å². The summed E-state index contributed by atoms with van der Waals surface area (Å²) < 4.78 is 33.2. The second-order valence-corrected chi connectivity index (χ2v) is 11.2. The van der Waals surface area contributed by atoms with Gasteiger partial charge in [0.25, 0.3) is 7.82 Å². The Morgan fingerprint density at radius 3 is 2.61 bits per heavy atom. The van der Waals surface area contributed by atoms with Crippen LogP contribution in [0.15, 0.2) is 35.9 Å². The first-order valence-corrected chi connectivity index (χ1v) is 14.0. The number of methoxy groups -OCH3 is 1. The monoisotopic (exact) mass is 521 g/mol. The van der Waals surface area contributed by atoms with Crippen LogP contribution in [0.25, 0.3) is 0 Å². The lowest BCUT2D eigenvalue weighted by Gasteiger charge is -2.42. The lowest BCUT2D eigenvalue weighted by molar-refractivity contribution is -0.243. The van der Waals surface area contributed by atoms with Crippen molar-refractivity contribution in [1.29, 1.82) is 0 Å². The van der Waals surface area contributed by atoms with Gasteiger partial charge in [-0.05, 0) is 76.0 Å². The molecule has 0 heterocycles. The van der Waals surface area contributed by atoms with E-state index in [9.17, 15) is 19.4 Å². The van der Waals surface area contributed by atoms with Gasteiger partial charge in [-0.15, -0.1) is 0 Å². The molecule has 200 valence electrons. The van der Waals surface area contributed by atoms with E-state index in [0.717, 1.165) is 30.4 Å². The third-order valence-corrected chi connectivity index (χ3v) is 8.06. The van der Waals surface area contributed by atoms with E-state index in [1.54, 1.807) is 12.1 Å². The highest BCUT2D eigenvalue weighted by atomic mass is 31.2. The van der Waals surface area contributed by atoms with E-state index in [-0.39, 0.29) is 49.4 Å². The van der Waals surface area contributed by atoms with Crippen LogP contribution in [0.3, 0.4) is 0 Å². The van der Waals surface area contributed by atoms with Crippen molar-refractivity contribution in [1.82, 2.24) is 0 Å². The number of esters is 1. The number of hydrogen-bond donors (Lipinski definition) is 1. The van der Waals surface area contributed by atoms with Crippen LogP contribution in [-0.4, -0.2) is 37.0 Å². The molecule has 2 aliphatic carbocycles. The SMILES string of the molecule is C=C(C)[C@@H]1CCC(C)=C[C@H]1c1c(O)cc(CCC)cc1OC(=O)C1(OP(=O)([O-])OCCOC)CCC1. The van der Waals surface area contributed by atoms with Gasteiger partial charge in [0.15, 0.2) is 5.60 Å². The van der Waals surface area contributed by atoms with Gasteiger partial charge in [-0.1, -0.05) is 37.1 Å². The molecule has 3 atom stereocenters. The summed E-state index contributed by atoms with van der Waals surface area (Å²) in [6.45, 7) is 10.0. The Hall–Kier alpha value is -1.96. The van der Waals surface area contributed by atoms with Crippen molar-refractivity contribution in [2.45, 2.75) is 77.2 Å². The van der Waals surface area contributed by atoms with Crippen LogP contribution in [0, 0.1) is 5.92 Å². The summed E-state index contributed by atoms with van der Waals surface area (Å²) in [6.07, 6.45) is 6.43. The van der Waals surface area contributed by atoms with Gasteiger partial charge in [0.1, 0.15) is 11.5 Å². The van der Waals surface area contributed by atoms with Crippen molar-refractivity contribution >= 4 is 13.8 Å². The van der Waals surface area contributed by atoms with Gasteiger partial charge >= 0.3 is 5.97 Å². The summed E-state index contributed by atoms with van der Waals surface area (Å²) in [5, 5.41) is 11.1. The van der Waals surface area contributed by atoms with E-state index in [0.29, 0.717) is 18.4 Å². The molecular formula is C27H38O8P-. The molecule has 0 amide bonds. The first-order valence-electron chi connectivity index (χ1n) is 12.6. The zero-order valence-corrected chi connectivity index (χ0v) is 22.6. The van der Waals surface area contributed by atoms with E-state index < -0.39 is 19.4 Å². The minimum absolute atomic E-state index is 0.0481. The molecule has 0 aliphatic heterocycles. The summed E-state index contributed by atoms with van der Waals surface area (Å²) >= 11 is 0. The van der Waals surface area contributed by atoms with E-state index >= 15 is 0 Å². The minimum atomic E-state index is -4.77. The smallest absolute Gasteiger partial charge is 0.344 e. The molecule has 1 unspecified atom stereocenters. The Bertz CT molecular complexity index is 1040. The van der Waals surface area contributed by atoms with Crippen LogP contribution in [-0.2, 0) is 29.6 Å². The fraction of sp³-hybridized carbons (Fsp3) is 0.593. The molecule has 36 heavy (non-hydrogen) atoms. The Morgan fingerprint density at radius 2 is 2.03 bits per heavy atom. The normalized spacial score (nSPS) is 22.8. The van der Waals surface area contributed by atoms with Crippen LogP contribution in [0.4, 0.5) is 0 Å². The zero-order chi connectivity index (χ0) is 26.5. The number of phosphoric acid groups is 1. The molecule has 0 spiro atoms. The lowest BCUT2D eigenvalue weighted by atomic mass is 9.73. The molecule has 8 nitrogen and oxygen atoms in total. The summed E-state index contributed by atoms with van der Waals surface area (Å²) in [7, 11) is -3.35. The highest BCUT2D eigenvalue weighted by molar-refractivity contribution is 7.46. The number of benzene rings is 1. The summed E-state index contributed by atoms with van der Waals surface area (Å²) in [6, 6.07) is 3.48. The third-order valence-electron chi connectivity index (χ3n) is 6.99. The number of allylic oxidation sites excluding steroid dienone is 3. The number of aromatic hydroxyl groups is 1. The summed E-state index contributed by atoms with van der Waals surface area (Å²) in [5.74, 6) is -0.693. The Morgan fingerprint density at radius 1 is 1.31 bits per heavy atom. The van der Waals surface area contributed by atoms with E-state index in [1.807, 2.05) is 20.8 Å². The second kappa shape index (κ2) is 12.1. The van der Waals surface area contributed by atoms with Crippen molar-refractivity contribution in [3.63, 3.8) is 0 Å². The molecule has 1 N–H and O–H groups in total. The van der Waals surface area contributed by atoms with Crippen LogP contribution in [0.1, 0.15) is 76.3 Å². The van der Waals surface area contributed by atoms with Crippen LogP contribution in [0.5, 0.6) is 11.5 Å². The fourth-order valence-electron chi connectivity index (χ4n) is 4.92. The molecule has 0 saturated heterocycles. The number of rotatable bonds is 12. The predicted molar refractivity (Wildman–Crippen MR) is 135 cm³/mol. The third kappa shape index (κ3) is 6.67. The number of phosphoric ester groups is 1. The molecular weight excluding hydrogens is 483 g/mol. The lowest BCUT2D eigenvalue weighted by Crippen LogP contribution is -2.50. The van der Waals surface area contributed by atoms with E-state index in [4.69, 9.17) is 18.5 Å². The molecule has 1 fully saturated rings. The average Bonchev–Trinajstić information content (AvgIpc) is 2.76. The summed E-state index contributed by atoms with van der Waals surface area (Å²) in [5.41, 5.74) is 1.85. The molecule has 3 rings (SSSR count). The zero-order valence-electron chi connectivity index (χ0n) is 21.7. The van der Waals surface area contributed by atoms with Crippen molar-refractivity contribution < 1.29 is 37.9 Å². The maximum absolute atomic E-state index is 13.4. The first-order chi connectivity index (χ1) is 17.0. The highest BCUT2D eigenvalue weighted by Crippen LogP contribution is 2.52. The van der Waals surface area contributed by atoms with E-state index in [2.05, 4.69) is 12.7 Å². The van der Waals surface area contributed by atoms with Gasteiger partial charge in [0, 0.05) is 18.6 Å². The van der Waals surface area contributed by atoms with Crippen molar-refractivity contribution in [3.05, 3.63) is 47.1 Å². The fourth-order valence-corrected chi connectivity index (χ4v) is 5.96. The minimum Gasteiger partial charge on any atom is -0.756 e. The molecule has 1 saturated carbocycles. The van der Waals surface area contributed by atoms with Crippen LogP contribution < -0.4 is 9.63 Å². The molecule has 2 aliphatic rings. The predicted octanol–water partition coefficient (Wildman–Crippen LogP) is 5.34. The summed E-state index contributed by atoms with van der Waals surface area (Å²) in [4.78, 5) is 25.8. The van der Waals surface area contributed by atoms with Gasteiger partial charge in [-0.2, -0.15) is 0 Å².